The lowest BCUT2D eigenvalue weighted by Gasteiger charge is -2.48. The van der Waals surface area contributed by atoms with Crippen LogP contribution in [0.25, 0.3) is 11.1 Å². The lowest BCUT2D eigenvalue weighted by Crippen LogP contribution is -2.61. The van der Waals surface area contributed by atoms with Gasteiger partial charge in [-0.1, -0.05) is 37.1 Å². The molecule has 0 spiro atoms. The molecule has 6 nitrogen and oxygen atoms in total. The second-order valence-corrected chi connectivity index (χ2v) is 9.13. The average Bonchev–Trinajstić information content (AvgIpc) is 2.75. The maximum Gasteiger partial charge on any atom is 0.451 e. The van der Waals surface area contributed by atoms with Gasteiger partial charge < -0.3 is 25.8 Å². The summed E-state index contributed by atoms with van der Waals surface area (Å²) in [7, 11) is 0.506. The van der Waals surface area contributed by atoms with E-state index < -0.39 is 30.4 Å². The predicted molar refractivity (Wildman–Crippen MR) is 125 cm³/mol. The van der Waals surface area contributed by atoms with E-state index in [-0.39, 0.29) is 24.7 Å². The Labute approximate surface area is 197 Å². The smallest absolute Gasteiger partial charge is 0.451 e. The minimum Gasteiger partial charge on any atom is -0.480 e. The third-order valence-corrected chi connectivity index (χ3v) is 6.89. The van der Waals surface area contributed by atoms with Crippen LogP contribution in [0.4, 0.5) is 18.9 Å². The summed E-state index contributed by atoms with van der Waals surface area (Å²) in [5.41, 5.74) is 6.58. The Hall–Kier alpha value is -2.56. The van der Waals surface area contributed by atoms with Gasteiger partial charge in [0, 0.05) is 18.8 Å². The molecule has 0 amide bonds. The Balaban J connectivity index is 1.64. The molecule has 0 radical (unpaired) electrons. The second-order valence-electron chi connectivity index (χ2n) is 9.13. The maximum absolute atomic E-state index is 12.8. The van der Waals surface area contributed by atoms with Crippen molar-refractivity contribution in [1.29, 1.82) is 0 Å². The Morgan fingerprint density at radius 2 is 1.74 bits per heavy atom. The molecule has 1 saturated carbocycles. The third kappa shape index (κ3) is 5.92. The van der Waals surface area contributed by atoms with Crippen molar-refractivity contribution in [3.8, 4) is 11.1 Å². The minimum absolute atomic E-state index is 0.0920. The van der Waals surface area contributed by atoms with Gasteiger partial charge in [-0.05, 0) is 66.9 Å². The van der Waals surface area contributed by atoms with Gasteiger partial charge in [-0.15, -0.1) is 0 Å². The molecule has 1 fully saturated rings. The zero-order chi connectivity index (χ0) is 25.1. The molecule has 0 heterocycles. The fourth-order valence-electron chi connectivity index (χ4n) is 4.52. The van der Waals surface area contributed by atoms with Gasteiger partial charge in [0.15, 0.2) is 0 Å². The van der Waals surface area contributed by atoms with Crippen molar-refractivity contribution in [1.82, 2.24) is 0 Å². The first kappa shape index (κ1) is 26.1. The highest BCUT2D eigenvalue weighted by Gasteiger charge is 2.49. The van der Waals surface area contributed by atoms with E-state index in [2.05, 4.69) is 4.90 Å². The number of hydrogen-bond donors (Lipinski definition) is 4. The van der Waals surface area contributed by atoms with Crippen molar-refractivity contribution in [3.05, 3.63) is 54.1 Å². The number of hydrogen-bond acceptors (Lipinski definition) is 5. The fraction of sp³-hybridized carbons (Fsp3) is 0.458. The summed E-state index contributed by atoms with van der Waals surface area (Å²) in [5.74, 6) is -1.25. The average molecular weight is 478 g/mol. The molecule has 3 rings (SSSR count). The van der Waals surface area contributed by atoms with E-state index >= 15 is 0 Å². The van der Waals surface area contributed by atoms with Crippen LogP contribution in [0.1, 0.15) is 37.7 Å². The van der Waals surface area contributed by atoms with Crippen LogP contribution >= 0.6 is 0 Å². The van der Waals surface area contributed by atoms with Crippen LogP contribution in [-0.2, 0) is 11.0 Å². The number of benzene rings is 2. The number of rotatable bonds is 10. The molecule has 5 N–H and O–H groups in total. The van der Waals surface area contributed by atoms with E-state index in [0.29, 0.717) is 31.2 Å². The highest BCUT2D eigenvalue weighted by molar-refractivity contribution is 6.40. The van der Waals surface area contributed by atoms with Crippen molar-refractivity contribution in [2.45, 2.75) is 56.2 Å². The Morgan fingerprint density at radius 1 is 1.09 bits per heavy atom. The van der Waals surface area contributed by atoms with Crippen LogP contribution in [0.15, 0.2) is 48.5 Å². The molecule has 10 heteroatoms. The van der Waals surface area contributed by atoms with Crippen LogP contribution in [0.3, 0.4) is 0 Å². The molecular formula is C24H30BF3N2O4. The van der Waals surface area contributed by atoms with Crippen LogP contribution in [0, 0.1) is 5.92 Å². The van der Waals surface area contributed by atoms with E-state index in [4.69, 9.17) is 15.8 Å². The molecule has 1 aliphatic rings. The van der Waals surface area contributed by atoms with Gasteiger partial charge in [-0.3, -0.25) is 4.79 Å². The summed E-state index contributed by atoms with van der Waals surface area (Å²) in [4.78, 5) is 14.0. The van der Waals surface area contributed by atoms with Gasteiger partial charge in [0.25, 0.3) is 0 Å². The van der Waals surface area contributed by atoms with Crippen molar-refractivity contribution in [2.75, 3.05) is 11.9 Å². The Morgan fingerprint density at radius 3 is 2.29 bits per heavy atom. The van der Waals surface area contributed by atoms with Crippen LogP contribution < -0.4 is 10.6 Å². The number of nitrogens with zero attached hydrogens (tertiary/aromatic N) is 1. The zero-order valence-electron chi connectivity index (χ0n) is 19.0. The molecule has 184 valence electrons. The van der Waals surface area contributed by atoms with Gasteiger partial charge in [0.2, 0.25) is 0 Å². The number of halogens is 3. The number of nitrogens with two attached hydrogens (primary N) is 1. The summed E-state index contributed by atoms with van der Waals surface area (Å²) >= 11 is 0. The topological polar surface area (TPSA) is 107 Å². The highest BCUT2D eigenvalue weighted by Crippen LogP contribution is 2.42. The van der Waals surface area contributed by atoms with E-state index in [0.717, 1.165) is 23.4 Å². The van der Waals surface area contributed by atoms with E-state index in [1.807, 2.05) is 31.3 Å². The number of aliphatic carboxylic acids is 1. The normalized spacial score (nSPS) is 19.7. The number of carboxylic acid groups (broad SMARTS) is 1. The quantitative estimate of drug-likeness (QED) is 0.304. The molecule has 1 atom stereocenters. The molecule has 0 bridgehead atoms. The van der Waals surface area contributed by atoms with Gasteiger partial charge in [-0.25, -0.2) is 0 Å². The first-order chi connectivity index (χ1) is 15.9. The predicted octanol–water partition coefficient (Wildman–Crippen LogP) is 4.01. The number of alkyl halides is 3. The summed E-state index contributed by atoms with van der Waals surface area (Å²) in [6, 6.07) is 12.6. The molecule has 34 heavy (non-hydrogen) atoms. The summed E-state index contributed by atoms with van der Waals surface area (Å²) in [6.07, 6.45) is -1.75. The standard InChI is InChI=1S/C24H30BF3N2O4/c1-30(21-14-19(15-21)23(29,22(31)32)11-2-3-12-25(33)34)20-6-4-5-17(13-20)16-7-9-18(10-8-16)24(26,27)28/h4-10,13,19,21,33-34H,2-3,11-12,14-15,29H2,1H3,(H,31,32)/t19?,21?,23-/m0/s1. The van der Waals surface area contributed by atoms with Crippen LogP contribution in [0.5, 0.6) is 0 Å². The van der Waals surface area contributed by atoms with E-state index in [9.17, 15) is 23.1 Å². The molecule has 1 aliphatic carbocycles. The van der Waals surface area contributed by atoms with Crippen molar-refractivity contribution >= 4 is 18.8 Å². The highest BCUT2D eigenvalue weighted by atomic mass is 19.4. The SMILES string of the molecule is CN(c1cccc(-c2ccc(C(F)(F)F)cc2)c1)C1CC([C@@](N)(CCCCB(O)O)C(=O)O)C1. The lowest BCUT2D eigenvalue weighted by molar-refractivity contribution is -0.148. The number of anilines is 1. The van der Waals surface area contributed by atoms with Crippen molar-refractivity contribution in [3.63, 3.8) is 0 Å². The summed E-state index contributed by atoms with van der Waals surface area (Å²) in [5, 5.41) is 27.7. The summed E-state index contributed by atoms with van der Waals surface area (Å²) < 4.78 is 38.5. The molecular weight excluding hydrogens is 448 g/mol. The van der Waals surface area contributed by atoms with Gasteiger partial charge >= 0.3 is 19.3 Å². The molecule has 0 saturated heterocycles. The van der Waals surface area contributed by atoms with Gasteiger partial charge in [-0.2, -0.15) is 13.2 Å². The monoisotopic (exact) mass is 478 g/mol. The molecule has 0 aliphatic heterocycles. The lowest BCUT2D eigenvalue weighted by atomic mass is 9.65. The van der Waals surface area contributed by atoms with Gasteiger partial charge in [0.1, 0.15) is 5.54 Å². The fourth-order valence-corrected chi connectivity index (χ4v) is 4.52. The first-order valence-corrected chi connectivity index (χ1v) is 11.3. The zero-order valence-corrected chi connectivity index (χ0v) is 19.0. The van der Waals surface area contributed by atoms with Crippen molar-refractivity contribution in [2.24, 2.45) is 11.7 Å². The molecule has 0 aromatic heterocycles. The van der Waals surface area contributed by atoms with Gasteiger partial charge in [0.05, 0.1) is 5.56 Å². The summed E-state index contributed by atoms with van der Waals surface area (Å²) in [6.45, 7) is 0. The second kappa shape index (κ2) is 10.4. The first-order valence-electron chi connectivity index (χ1n) is 11.3. The van der Waals surface area contributed by atoms with E-state index in [1.165, 1.54) is 12.1 Å². The van der Waals surface area contributed by atoms with E-state index in [1.54, 1.807) is 0 Å². The third-order valence-electron chi connectivity index (χ3n) is 6.89. The Bertz CT molecular complexity index is 981. The number of carbonyl (C=O) groups is 1. The minimum atomic E-state index is -4.38. The largest absolute Gasteiger partial charge is 0.480 e. The molecule has 2 aromatic carbocycles. The molecule has 2 aromatic rings. The van der Waals surface area contributed by atoms with Crippen LogP contribution in [-0.4, -0.2) is 46.9 Å². The van der Waals surface area contributed by atoms with Crippen molar-refractivity contribution < 1.29 is 33.1 Å². The molecule has 0 unspecified atom stereocenters. The Kier molecular flexibility index (Phi) is 7.95. The maximum atomic E-state index is 12.8. The number of unbranched alkanes of at least 4 members (excludes halogenated alkanes) is 1. The van der Waals surface area contributed by atoms with Crippen LogP contribution in [0.2, 0.25) is 6.32 Å². The number of carboxylic acids is 1.